The van der Waals surface area contributed by atoms with Crippen molar-refractivity contribution >= 4 is 40.5 Å². The van der Waals surface area contributed by atoms with Crippen molar-refractivity contribution in [3.63, 3.8) is 0 Å². The normalized spacial score (nSPS) is 22.9. The molecule has 0 radical (unpaired) electrons. The van der Waals surface area contributed by atoms with Crippen LogP contribution in [0.5, 0.6) is 5.75 Å². The second-order valence-corrected chi connectivity index (χ2v) is 21.3. The van der Waals surface area contributed by atoms with Crippen LogP contribution >= 0.6 is 0 Å². The second-order valence-electron chi connectivity index (χ2n) is 21.3. The number of esters is 1. The van der Waals surface area contributed by atoms with E-state index in [9.17, 15) is 29.1 Å². The monoisotopic (exact) mass is 996 g/mol. The Morgan fingerprint density at radius 1 is 0.986 bits per heavy atom. The molecule has 5 aromatic rings. The Morgan fingerprint density at radius 2 is 1.77 bits per heavy atom. The van der Waals surface area contributed by atoms with Gasteiger partial charge in [-0.1, -0.05) is 70.2 Å². The first-order valence-electron chi connectivity index (χ1n) is 25.7. The van der Waals surface area contributed by atoms with Gasteiger partial charge in [0.15, 0.2) is 6.10 Å². The predicted octanol–water partition coefficient (Wildman–Crippen LogP) is 6.92. The van der Waals surface area contributed by atoms with Crippen LogP contribution in [0.1, 0.15) is 95.4 Å². The summed E-state index contributed by atoms with van der Waals surface area (Å²) in [4.78, 5) is 79.3. The van der Waals surface area contributed by atoms with Crippen LogP contribution in [0, 0.1) is 17.3 Å². The van der Waals surface area contributed by atoms with Crippen LogP contribution in [0.3, 0.4) is 0 Å². The molecule has 6 heterocycles. The van der Waals surface area contributed by atoms with E-state index in [4.69, 9.17) is 19.2 Å². The maximum absolute atomic E-state index is 14.9. The van der Waals surface area contributed by atoms with Gasteiger partial charge in [-0.25, -0.2) is 5.43 Å². The molecule has 2 aromatic heterocycles. The van der Waals surface area contributed by atoms with Crippen LogP contribution < -0.4 is 10.7 Å². The molecule has 3 saturated heterocycles. The first kappa shape index (κ1) is 51.3. The first-order chi connectivity index (χ1) is 35.0. The molecule has 7 atom stereocenters. The van der Waals surface area contributed by atoms with Crippen LogP contribution in [0.15, 0.2) is 85.1 Å². The summed E-state index contributed by atoms with van der Waals surface area (Å²) in [6.45, 7) is 13.6. The molecule has 3 aromatic carbocycles. The van der Waals surface area contributed by atoms with Crippen molar-refractivity contribution in [3.05, 3.63) is 107 Å². The standard InChI is InChI=1S/C57H69N7O9/c1-9-63-46-20-19-37-29-42(46)43(49(63)41-17-13-22-58-47(41)34(4)71-8)30-57(5,6)32-72-56(70)44-18-14-23-64(60-44)54(68)45(27-35-25-39(37)28-40(65)26-35)59-52(66)48(33(2)3)61(7)53(67)38-21-24-62(31-38)55(69)51-50(73-51)36-15-11-10-12-16-36/h10-13,15-17,19-20,22,25-26,28-29,33-34,38,44-45,48,50-51,60,65H,9,14,18,21,23-24,27,30-32H2,1-8H3,(H,59,66)/t34-,38-,44-,45-,48-,50?,51?/m0/s1. The number of phenolic OH excluding ortho intramolecular Hbond substituents is 1. The number of aromatic nitrogens is 2. The molecule has 0 saturated carbocycles. The highest BCUT2D eigenvalue weighted by atomic mass is 16.6. The average Bonchev–Trinajstić information content (AvgIpc) is 3.93. The van der Waals surface area contributed by atoms with E-state index in [1.807, 2.05) is 69.3 Å². The number of amides is 4. The Bertz CT molecular complexity index is 2900. The summed E-state index contributed by atoms with van der Waals surface area (Å²) >= 11 is 0. The van der Waals surface area contributed by atoms with E-state index in [1.54, 1.807) is 37.4 Å². The van der Waals surface area contributed by atoms with E-state index >= 15 is 0 Å². The summed E-state index contributed by atoms with van der Waals surface area (Å²) in [5.74, 6) is -2.84. The predicted molar refractivity (Wildman–Crippen MR) is 275 cm³/mol. The van der Waals surface area contributed by atoms with Gasteiger partial charge in [0.2, 0.25) is 11.8 Å². The summed E-state index contributed by atoms with van der Waals surface area (Å²) in [5, 5.41) is 16.8. The van der Waals surface area contributed by atoms with Gasteiger partial charge in [0.1, 0.15) is 30.0 Å². The average molecular weight is 996 g/mol. The number of phenols is 1. The zero-order valence-electron chi connectivity index (χ0n) is 43.2. The molecule has 2 unspecified atom stereocenters. The minimum absolute atomic E-state index is 0.0153. The molecule has 73 heavy (non-hydrogen) atoms. The van der Waals surface area contributed by atoms with E-state index < -0.39 is 53.3 Å². The lowest BCUT2D eigenvalue weighted by Gasteiger charge is -2.37. The number of ether oxygens (including phenoxy) is 3. The lowest BCUT2D eigenvalue weighted by Crippen LogP contribution is -2.62. The van der Waals surface area contributed by atoms with Gasteiger partial charge < -0.3 is 39.0 Å². The van der Waals surface area contributed by atoms with Crippen LogP contribution in [0.2, 0.25) is 0 Å². The lowest BCUT2D eigenvalue weighted by molar-refractivity contribution is -0.155. The van der Waals surface area contributed by atoms with Crippen molar-refractivity contribution < 1.29 is 43.3 Å². The van der Waals surface area contributed by atoms with Gasteiger partial charge in [-0.05, 0) is 110 Å². The Hall–Kier alpha value is -6.62. The molecular formula is C57H69N7O9. The number of fused-ring (bicyclic) bond motifs is 6. The van der Waals surface area contributed by atoms with Crippen molar-refractivity contribution in [1.82, 2.24) is 35.1 Å². The fourth-order valence-corrected chi connectivity index (χ4v) is 11.2. The van der Waals surface area contributed by atoms with Crippen molar-refractivity contribution in [2.75, 3.05) is 40.4 Å². The Balaban J connectivity index is 1.03. The van der Waals surface area contributed by atoms with E-state index in [-0.39, 0.29) is 61.8 Å². The Morgan fingerprint density at radius 3 is 2.51 bits per heavy atom. The van der Waals surface area contributed by atoms with Gasteiger partial charge >= 0.3 is 5.97 Å². The molecule has 6 bridgehead atoms. The number of nitrogens with zero attached hydrogens (tertiary/aromatic N) is 5. The van der Waals surface area contributed by atoms with E-state index in [0.717, 1.165) is 44.5 Å². The third-order valence-electron chi connectivity index (χ3n) is 15.1. The fourth-order valence-electron chi connectivity index (χ4n) is 11.2. The molecule has 0 spiro atoms. The number of benzene rings is 3. The summed E-state index contributed by atoms with van der Waals surface area (Å²) in [7, 11) is 3.27. The fraction of sp³-hybridized carbons (Fsp3) is 0.474. The summed E-state index contributed by atoms with van der Waals surface area (Å²) in [5.41, 5.74) is 10.4. The van der Waals surface area contributed by atoms with Gasteiger partial charge in [0.05, 0.1) is 30.0 Å². The maximum Gasteiger partial charge on any atom is 0.324 e. The molecular weight excluding hydrogens is 927 g/mol. The number of epoxide rings is 1. The zero-order chi connectivity index (χ0) is 51.9. The number of likely N-dealkylation sites (N-methyl/N-ethyl adjacent to an activating group) is 1. The quantitative estimate of drug-likeness (QED) is 0.0921. The summed E-state index contributed by atoms with van der Waals surface area (Å²) in [6.07, 6.45) is 2.47. The number of aryl methyl sites for hydroxylation is 1. The van der Waals surface area contributed by atoms with Gasteiger partial charge in [-0.15, -0.1) is 0 Å². The minimum atomic E-state index is -1.18. The van der Waals surface area contributed by atoms with Crippen molar-refractivity contribution in [2.45, 2.75) is 117 Å². The third-order valence-corrected chi connectivity index (χ3v) is 15.1. The minimum Gasteiger partial charge on any atom is -0.508 e. The SMILES string of the molecule is CCn1c(-c2cccnc2[C@H](C)OC)c2c3cc(ccc31)-c1cc(O)cc(c1)C[C@H](NC(=O)[C@H](C(C)C)N(C)C(=O)[C@H]1CCN(C(=O)C3OC3c3ccccc3)C1)C(=O)N1CCC[C@H](N1)C(=O)OCC(C)(C)C2. The largest absolute Gasteiger partial charge is 0.508 e. The Labute approximate surface area is 427 Å². The van der Waals surface area contributed by atoms with Gasteiger partial charge in [0, 0.05) is 74.8 Å². The molecule has 9 rings (SSSR count). The molecule has 3 fully saturated rings. The number of hydrogen-bond donors (Lipinski definition) is 3. The van der Waals surface area contributed by atoms with Gasteiger partial charge in [-0.2, -0.15) is 0 Å². The molecule has 16 nitrogen and oxygen atoms in total. The second kappa shape index (κ2) is 21.1. The van der Waals surface area contributed by atoms with Crippen LogP contribution in [0.4, 0.5) is 0 Å². The van der Waals surface area contributed by atoms with Gasteiger partial charge in [0.25, 0.3) is 11.8 Å². The molecule has 4 aliphatic rings. The molecule has 386 valence electrons. The van der Waals surface area contributed by atoms with Crippen LogP contribution in [-0.2, 0) is 57.6 Å². The molecule has 4 aliphatic heterocycles. The van der Waals surface area contributed by atoms with Crippen LogP contribution in [-0.4, -0.2) is 124 Å². The van der Waals surface area contributed by atoms with E-state index in [2.05, 4.69) is 54.3 Å². The first-order valence-corrected chi connectivity index (χ1v) is 25.7. The number of methoxy groups -OCH3 is 1. The number of carbonyl (C=O) groups is 5. The highest BCUT2D eigenvalue weighted by Gasteiger charge is 2.50. The van der Waals surface area contributed by atoms with Crippen molar-refractivity contribution in [2.24, 2.45) is 17.3 Å². The Kier molecular flexibility index (Phi) is 14.8. The number of pyridine rings is 1. The maximum atomic E-state index is 14.9. The zero-order valence-corrected chi connectivity index (χ0v) is 43.2. The summed E-state index contributed by atoms with van der Waals surface area (Å²) in [6, 6.07) is 22.1. The molecule has 3 N–H and O–H groups in total. The number of hydrogen-bond acceptors (Lipinski definition) is 11. The number of cyclic esters (lactones) is 1. The number of hydrazine groups is 1. The highest BCUT2D eigenvalue weighted by Crippen LogP contribution is 2.43. The third kappa shape index (κ3) is 10.6. The van der Waals surface area contributed by atoms with E-state index in [0.29, 0.717) is 49.9 Å². The topological polar surface area (TPSA) is 188 Å². The number of carbonyl (C=O) groups excluding carboxylic acids is 5. The lowest BCUT2D eigenvalue weighted by atomic mass is 9.84. The van der Waals surface area contributed by atoms with Crippen molar-refractivity contribution in [1.29, 1.82) is 0 Å². The number of aromatic hydroxyl groups is 1. The van der Waals surface area contributed by atoms with Crippen molar-refractivity contribution in [3.8, 4) is 28.1 Å². The molecule has 4 amide bonds. The number of nitrogens with one attached hydrogen (secondary N) is 2. The summed E-state index contributed by atoms with van der Waals surface area (Å²) < 4.78 is 20.0. The molecule has 0 aliphatic carbocycles. The number of likely N-dealkylation sites (tertiary alicyclic amines) is 1. The molecule has 16 heteroatoms. The van der Waals surface area contributed by atoms with Crippen LogP contribution in [0.25, 0.3) is 33.3 Å². The number of rotatable bonds is 11. The van der Waals surface area contributed by atoms with E-state index in [1.165, 1.54) is 9.91 Å². The van der Waals surface area contributed by atoms with Gasteiger partial charge in [-0.3, -0.25) is 34.0 Å². The highest BCUT2D eigenvalue weighted by molar-refractivity contribution is 5.96. The smallest absolute Gasteiger partial charge is 0.324 e.